The summed E-state index contributed by atoms with van der Waals surface area (Å²) >= 11 is 0. The van der Waals surface area contributed by atoms with Crippen molar-refractivity contribution in [2.75, 3.05) is 0 Å². The zero-order valence-electron chi connectivity index (χ0n) is 30.5. The first-order valence-corrected chi connectivity index (χ1v) is 20.5. The minimum absolute atomic E-state index is 0.669. The Morgan fingerprint density at radius 1 is 0.444 bits per heavy atom. The molecule has 0 heterocycles. The summed E-state index contributed by atoms with van der Waals surface area (Å²) in [5.41, 5.74) is 4.83. The summed E-state index contributed by atoms with van der Waals surface area (Å²) in [7, 11) is 0. The Hall–Kier alpha value is -1.56. The molecule has 0 bridgehead atoms. The van der Waals surface area contributed by atoms with E-state index in [-0.39, 0.29) is 0 Å². The van der Waals surface area contributed by atoms with Crippen LogP contribution in [0, 0.1) is 0 Å². The second kappa shape index (κ2) is 29.8. The third-order valence-electron chi connectivity index (χ3n) is 10.1. The molecule has 1 atom stereocenters. The molecule has 1 aliphatic rings. The highest BCUT2D eigenvalue weighted by Crippen LogP contribution is 2.41. The zero-order chi connectivity index (χ0) is 31.9. The van der Waals surface area contributed by atoms with Gasteiger partial charge in [0.2, 0.25) is 0 Å². The molecule has 45 heavy (non-hydrogen) atoms. The SMILES string of the molecule is CCCCCCCC/C=C\CCCCCCCCC1C=C(CCCCCCCC/C=C/CCCCCCCC)c2ccccc21. The molecule has 1 unspecified atom stereocenters. The topological polar surface area (TPSA) is 0 Å². The van der Waals surface area contributed by atoms with E-state index >= 15 is 0 Å². The van der Waals surface area contributed by atoms with Crippen molar-refractivity contribution >= 4 is 5.57 Å². The Morgan fingerprint density at radius 3 is 1.33 bits per heavy atom. The van der Waals surface area contributed by atoms with Crippen molar-refractivity contribution in [1.29, 1.82) is 0 Å². The molecule has 1 aliphatic carbocycles. The molecule has 0 fully saturated rings. The van der Waals surface area contributed by atoms with Gasteiger partial charge in [0, 0.05) is 5.92 Å². The number of unbranched alkanes of at least 4 members (excludes halogenated alkanes) is 24. The largest absolute Gasteiger partial charge is 0.0885 e. The highest BCUT2D eigenvalue weighted by atomic mass is 14.3. The molecule has 0 heteroatoms. The highest BCUT2D eigenvalue weighted by molar-refractivity contribution is 5.74. The van der Waals surface area contributed by atoms with E-state index in [0.717, 1.165) is 0 Å². The van der Waals surface area contributed by atoms with E-state index in [2.05, 4.69) is 68.5 Å². The van der Waals surface area contributed by atoms with Crippen molar-refractivity contribution in [1.82, 2.24) is 0 Å². The molecule has 0 aromatic heterocycles. The monoisotopic (exact) mass is 617 g/mol. The molecule has 2 rings (SSSR count). The van der Waals surface area contributed by atoms with E-state index < -0.39 is 0 Å². The summed E-state index contributed by atoms with van der Waals surface area (Å²) in [5.74, 6) is 0.669. The van der Waals surface area contributed by atoms with Gasteiger partial charge in [-0.25, -0.2) is 0 Å². The standard InChI is InChI=1S/C45H76/c1-3-5-7-9-11-13-15-17-19-21-23-25-27-29-31-33-37-42-41-43(45-40-36-35-39-44(42)45)38-34-32-30-28-26-24-22-20-18-16-14-12-10-8-6-4-2/h17-20,35-36,39-42H,3-16,21-34,37-38H2,1-2H3/b19-17-,20-18+. The average Bonchev–Trinajstić information content (AvgIpc) is 3.41. The van der Waals surface area contributed by atoms with Gasteiger partial charge in [-0.05, 0) is 87.3 Å². The van der Waals surface area contributed by atoms with Crippen molar-refractivity contribution in [2.24, 2.45) is 0 Å². The lowest BCUT2D eigenvalue weighted by molar-refractivity contribution is 0.568. The lowest BCUT2D eigenvalue weighted by Gasteiger charge is -2.10. The van der Waals surface area contributed by atoms with Crippen molar-refractivity contribution in [3.05, 3.63) is 65.8 Å². The van der Waals surface area contributed by atoms with Crippen LogP contribution in [0.25, 0.3) is 5.57 Å². The van der Waals surface area contributed by atoms with E-state index in [1.165, 1.54) is 193 Å². The van der Waals surface area contributed by atoms with Gasteiger partial charge >= 0.3 is 0 Å². The molecule has 0 radical (unpaired) electrons. The maximum absolute atomic E-state index is 2.65. The third kappa shape index (κ3) is 21.0. The number of hydrogen-bond donors (Lipinski definition) is 0. The molecule has 0 spiro atoms. The molecule has 0 aliphatic heterocycles. The van der Waals surface area contributed by atoms with Crippen LogP contribution in [0.3, 0.4) is 0 Å². The van der Waals surface area contributed by atoms with Gasteiger partial charge in [0.15, 0.2) is 0 Å². The minimum Gasteiger partial charge on any atom is -0.0885 e. The van der Waals surface area contributed by atoms with Crippen LogP contribution >= 0.6 is 0 Å². The van der Waals surface area contributed by atoms with Gasteiger partial charge < -0.3 is 0 Å². The van der Waals surface area contributed by atoms with E-state index in [0.29, 0.717) is 5.92 Å². The summed E-state index contributed by atoms with van der Waals surface area (Å²) in [6.07, 6.45) is 53.9. The Labute approximate surface area is 283 Å². The van der Waals surface area contributed by atoms with Crippen LogP contribution in [0.15, 0.2) is 54.6 Å². The highest BCUT2D eigenvalue weighted by Gasteiger charge is 2.22. The fourth-order valence-electron chi connectivity index (χ4n) is 7.17. The third-order valence-corrected chi connectivity index (χ3v) is 10.1. The van der Waals surface area contributed by atoms with Gasteiger partial charge in [0.1, 0.15) is 0 Å². The van der Waals surface area contributed by atoms with E-state index in [4.69, 9.17) is 0 Å². The first-order valence-electron chi connectivity index (χ1n) is 20.5. The van der Waals surface area contributed by atoms with Crippen molar-refractivity contribution in [2.45, 2.75) is 212 Å². The smallest absolute Gasteiger partial charge is 0.00300 e. The van der Waals surface area contributed by atoms with Gasteiger partial charge in [0.25, 0.3) is 0 Å². The predicted molar refractivity (Wildman–Crippen MR) is 205 cm³/mol. The van der Waals surface area contributed by atoms with Crippen LogP contribution in [-0.2, 0) is 0 Å². The van der Waals surface area contributed by atoms with Gasteiger partial charge in [-0.1, -0.05) is 190 Å². The molecule has 0 N–H and O–H groups in total. The second-order valence-electron chi connectivity index (χ2n) is 14.3. The molecule has 0 nitrogen and oxygen atoms in total. The molecule has 0 saturated carbocycles. The van der Waals surface area contributed by atoms with Crippen LogP contribution in [0.4, 0.5) is 0 Å². The molecular weight excluding hydrogens is 540 g/mol. The maximum atomic E-state index is 2.65. The van der Waals surface area contributed by atoms with Crippen LogP contribution in [-0.4, -0.2) is 0 Å². The first kappa shape index (κ1) is 39.6. The Kier molecular flexibility index (Phi) is 26.3. The fourth-order valence-corrected chi connectivity index (χ4v) is 7.17. The lowest BCUT2D eigenvalue weighted by atomic mass is 9.94. The van der Waals surface area contributed by atoms with E-state index in [1.807, 2.05) is 0 Å². The number of benzene rings is 1. The average molecular weight is 617 g/mol. The second-order valence-corrected chi connectivity index (χ2v) is 14.3. The Morgan fingerprint density at radius 2 is 0.844 bits per heavy atom. The summed E-state index contributed by atoms with van der Waals surface area (Å²) in [5, 5.41) is 0. The first-order chi connectivity index (χ1) is 22.4. The number of fused-ring (bicyclic) bond motifs is 1. The Balaban J connectivity index is 1.45. The van der Waals surface area contributed by atoms with Crippen molar-refractivity contribution in [3.63, 3.8) is 0 Å². The van der Waals surface area contributed by atoms with Crippen molar-refractivity contribution < 1.29 is 0 Å². The van der Waals surface area contributed by atoms with Gasteiger partial charge in [0.05, 0.1) is 0 Å². The predicted octanol–water partition coefficient (Wildman–Crippen LogP) is 16.0. The van der Waals surface area contributed by atoms with E-state index in [1.54, 1.807) is 16.7 Å². The molecule has 0 saturated heterocycles. The molecule has 1 aromatic rings. The summed E-state index contributed by atoms with van der Waals surface area (Å²) in [6.45, 7) is 4.60. The number of hydrogen-bond acceptors (Lipinski definition) is 0. The molecule has 256 valence electrons. The minimum atomic E-state index is 0.669. The van der Waals surface area contributed by atoms with Gasteiger partial charge in [-0.2, -0.15) is 0 Å². The van der Waals surface area contributed by atoms with Crippen LogP contribution in [0.1, 0.15) is 224 Å². The Bertz CT molecular complexity index is 870. The quantitative estimate of drug-likeness (QED) is 0.0558. The molecule has 0 amide bonds. The van der Waals surface area contributed by atoms with Crippen LogP contribution < -0.4 is 0 Å². The number of allylic oxidation sites excluding steroid dienone is 6. The normalized spacial score (nSPS) is 14.6. The summed E-state index contributed by atoms with van der Waals surface area (Å²) in [6, 6.07) is 9.31. The molecule has 1 aromatic carbocycles. The van der Waals surface area contributed by atoms with Crippen LogP contribution in [0.2, 0.25) is 0 Å². The van der Waals surface area contributed by atoms with Gasteiger partial charge in [-0.3, -0.25) is 0 Å². The lowest BCUT2D eigenvalue weighted by Crippen LogP contribution is -1.93. The fraction of sp³-hybridized carbons (Fsp3) is 0.733. The molecular formula is C45H76. The van der Waals surface area contributed by atoms with Gasteiger partial charge in [-0.15, -0.1) is 0 Å². The maximum Gasteiger partial charge on any atom is 0.00300 e. The summed E-state index contributed by atoms with van der Waals surface area (Å²) in [4.78, 5) is 0. The van der Waals surface area contributed by atoms with Crippen molar-refractivity contribution in [3.8, 4) is 0 Å². The van der Waals surface area contributed by atoms with E-state index in [9.17, 15) is 0 Å². The zero-order valence-corrected chi connectivity index (χ0v) is 30.5. The van der Waals surface area contributed by atoms with Crippen LogP contribution in [0.5, 0.6) is 0 Å². The number of rotatable bonds is 32. The summed E-state index contributed by atoms with van der Waals surface area (Å²) < 4.78 is 0.